The predicted octanol–water partition coefficient (Wildman–Crippen LogP) is 1.86. The van der Waals surface area contributed by atoms with E-state index in [-0.39, 0.29) is 0 Å². The summed E-state index contributed by atoms with van der Waals surface area (Å²) in [4.78, 5) is 47.6. The zero-order valence-corrected chi connectivity index (χ0v) is 18.0. The smallest absolute Gasteiger partial charge is 0.328 e. The maximum atomic E-state index is 13.2. The van der Waals surface area contributed by atoms with Crippen molar-refractivity contribution in [3.05, 3.63) is 66.4 Å². The zero-order chi connectivity index (χ0) is 23.3. The summed E-state index contributed by atoms with van der Waals surface area (Å²) in [5.74, 6) is -0.667. The van der Waals surface area contributed by atoms with E-state index < -0.39 is 36.7 Å². The number of aliphatic carboxylic acids is 1. The van der Waals surface area contributed by atoms with Crippen molar-refractivity contribution >= 4 is 35.3 Å². The van der Waals surface area contributed by atoms with Gasteiger partial charge in [-0.05, 0) is 24.3 Å². The van der Waals surface area contributed by atoms with E-state index in [1.807, 2.05) is 65.7 Å². The fourth-order valence-electron chi connectivity index (χ4n) is 4.31. The molecule has 0 aliphatic carbocycles. The molecule has 3 aliphatic rings. The molecule has 0 radical (unpaired) electrons. The Kier molecular flexibility index (Phi) is 4.77. The van der Waals surface area contributed by atoms with Gasteiger partial charge in [-0.3, -0.25) is 24.3 Å². The molecule has 10 heteroatoms. The SMILES string of the molecule is COc1ccc(N2C(c3ccccc3)=CN3C2=NC2C3C(=O)N(CC(=O)O)C(=O)N2C)cc1. The Bertz CT molecular complexity index is 1190. The van der Waals surface area contributed by atoms with Gasteiger partial charge < -0.3 is 14.7 Å². The van der Waals surface area contributed by atoms with Crippen LogP contribution in [-0.2, 0) is 9.59 Å². The molecule has 2 unspecified atom stereocenters. The Labute approximate surface area is 189 Å². The number of likely N-dealkylation sites (N-methyl/N-ethyl adjacent to an activating group) is 1. The van der Waals surface area contributed by atoms with Crippen LogP contribution in [0.3, 0.4) is 0 Å². The lowest BCUT2D eigenvalue weighted by molar-refractivity contribution is -0.146. The molecule has 0 spiro atoms. The first kappa shape index (κ1) is 20.6. The third-order valence-corrected chi connectivity index (χ3v) is 5.91. The highest BCUT2D eigenvalue weighted by atomic mass is 16.5. The number of hydrogen-bond donors (Lipinski definition) is 1. The summed E-state index contributed by atoms with van der Waals surface area (Å²) in [6.07, 6.45) is 1.06. The number of carbonyl (C=O) groups excluding carboxylic acids is 2. The second-order valence-electron chi connectivity index (χ2n) is 7.82. The number of aliphatic imine (C=N–C) groups is 1. The Morgan fingerprint density at radius 2 is 1.79 bits per heavy atom. The average Bonchev–Trinajstić information content (AvgIpc) is 3.37. The first-order valence-electron chi connectivity index (χ1n) is 10.3. The maximum Gasteiger partial charge on any atom is 0.328 e. The second-order valence-corrected chi connectivity index (χ2v) is 7.82. The number of guanidine groups is 1. The minimum absolute atomic E-state index is 0.485. The van der Waals surface area contributed by atoms with Crippen molar-refractivity contribution in [1.82, 2.24) is 14.7 Å². The Morgan fingerprint density at radius 1 is 1.09 bits per heavy atom. The first-order valence-corrected chi connectivity index (χ1v) is 10.3. The number of rotatable bonds is 5. The molecule has 168 valence electrons. The van der Waals surface area contributed by atoms with E-state index in [0.29, 0.717) is 11.7 Å². The van der Waals surface area contributed by atoms with Gasteiger partial charge in [-0.25, -0.2) is 9.79 Å². The summed E-state index contributed by atoms with van der Waals surface area (Å²) in [5.41, 5.74) is 2.52. The molecule has 3 amide bonds. The number of benzene rings is 2. The summed E-state index contributed by atoms with van der Waals surface area (Å²) in [6, 6.07) is 15.6. The summed E-state index contributed by atoms with van der Waals surface area (Å²) in [6.45, 7) is -0.703. The highest BCUT2D eigenvalue weighted by molar-refractivity contribution is 6.16. The molecule has 33 heavy (non-hydrogen) atoms. The van der Waals surface area contributed by atoms with Gasteiger partial charge in [0, 0.05) is 24.5 Å². The molecule has 2 aromatic rings. The number of fused-ring (bicyclic) bond motifs is 3. The Hall–Kier alpha value is -4.34. The molecule has 10 nitrogen and oxygen atoms in total. The van der Waals surface area contributed by atoms with Crippen LogP contribution in [0.5, 0.6) is 5.75 Å². The molecule has 1 N–H and O–H groups in total. The standard InChI is InChI=1S/C23H21N5O5/c1-25-20-19(21(31)27(23(25)32)13-18(29)30)26-12-17(14-6-4-3-5-7-14)28(22(26)24-20)15-8-10-16(33-2)11-9-15/h3-12,19-20H,13H2,1-2H3,(H,29,30). The summed E-state index contributed by atoms with van der Waals surface area (Å²) >= 11 is 0. The van der Waals surface area contributed by atoms with E-state index in [1.54, 1.807) is 12.0 Å². The van der Waals surface area contributed by atoms with Gasteiger partial charge >= 0.3 is 12.0 Å². The van der Waals surface area contributed by atoms with E-state index >= 15 is 0 Å². The Balaban J connectivity index is 1.60. The van der Waals surface area contributed by atoms with Crippen LogP contribution in [0.2, 0.25) is 0 Å². The molecule has 1 saturated heterocycles. The van der Waals surface area contributed by atoms with E-state index in [2.05, 4.69) is 0 Å². The van der Waals surface area contributed by atoms with Gasteiger partial charge in [-0.15, -0.1) is 0 Å². The number of carbonyl (C=O) groups is 3. The van der Waals surface area contributed by atoms with Gasteiger partial charge in [0.1, 0.15) is 12.3 Å². The lowest BCUT2D eigenvalue weighted by Crippen LogP contribution is -2.64. The lowest BCUT2D eigenvalue weighted by Gasteiger charge is -2.39. The third kappa shape index (κ3) is 3.18. The van der Waals surface area contributed by atoms with E-state index in [4.69, 9.17) is 9.73 Å². The number of nitrogens with zero attached hydrogens (tertiary/aromatic N) is 5. The molecule has 1 fully saturated rings. The van der Waals surface area contributed by atoms with Gasteiger partial charge in [0.05, 0.1) is 12.8 Å². The number of carboxylic acid groups (broad SMARTS) is 1. The van der Waals surface area contributed by atoms with Crippen LogP contribution < -0.4 is 9.64 Å². The fourth-order valence-corrected chi connectivity index (χ4v) is 4.31. The molecule has 0 aromatic heterocycles. The van der Waals surface area contributed by atoms with Crippen LogP contribution in [-0.4, -0.2) is 76.6 Å². The quantitative estimate of drug-likeness (QED) is 0.746. The number of amides is 3. The van der Waals surface area contributed by atoms with Crippen molar-refractivity contribution in [1.29, 1.82) is 0 Å². The van der Waals surface area contributed by atoms with Crippen LogP contribution in [0, 0.1) is 0 Å². The van der Waals surface area contributed by atoms with Crippen molar-refractivity contribution in [3.8, 4) is 5.75 Å². The molecular weight excluding hydrogens is 426 g/mol. The molecule has 3 aliphatic heterocycles. The summed E-state index contributed by atoms with van der Waals surface area (Å²) in [7, 11) is 3.11. The van der Waals surface area contributed by atoms with Crippen LogP contribution in [0.15, 0.2) is 65.8 Å². The number of ether oxygens (including phenoxy) is 1. The van der Waals surface area contributed by atoms with Gasteiger partial charge in [-0.1, -0.05) is 30.3 Å². The van der Waals surface area contributed by atoms with Gasteiger partial charge in [0.25, 0.3) is 5.91 Å². The van der Waals surface area contributed by atoms with Crippen molar-refractivity contribution in [2.24, 2.45) is 4.99 Å². The number of anilines is 1. The number of methoxy groups -OCH3 is 1. The van der Waals surface area contributed by atoms with E-state index in [9.17, 15) is 19.5 Å². The van der Waals surface area contributed by atoms with Crippen LogP contribution in [0.4, 0.5) is 10.5 Å². The molecule has 0 bridgehead atoms. The van der Waals surface area contributed by atoms with Gasteiger partial charge in [0.2, 0.25) is 5.96 Å². The normalized spacial score (nSPS) is 21.6. The molecule has 2 atom stereocenters. The van der Waals surface area contributed by atoms with Gasteiger partial charge in [-0.2, -0.15) is 0 Å². The topological polar surface area (TPSA) is 106 Å². The molecular formula is C23H21N5O5. The fraction of sp³-hybridized carbons (Fsp3) is 0.217. The van der Waals surface area contributed by atoms with Crippen LogP contribution in [0.1, 0.15) is 5.56 Å². The highest BCUT2D eigenvalue weighted by Crippen LogP contribution is 2.40. The molecule has 2 aromatic carbocycles. The lowest BCUT2D eigenvalue weighted by atomic mass is 10.1. The van der Waals surface area contributed by atoms with E-state index in [0.717, 1.165) is 21.8 Å². The van der Waals surface area contributed by atoms with Crippen molar-refractivity contribution in [3.63, 3.8) is 0 Å². The minimum Gasteiger partial charge on any atom is -0.497 e. The van der Waals surface area contributed by atoms with Crippen molar-refractivity contribution < 1.29 is 24.2 Å². The number of urea groups is 1. The average molecular weight is 447 g/mol. The van der Waals surface area contributed by atoms with Crippen LogP contribution in [0.25, 0.3) is 5.70 Å². The number of hydrogen-bond acceptors (Lipinski definition) is 7. The second kappa shape index (κ2) is 7.66. The van der Waals surface area contributed by atoms with Crippen molar-refractivity contribution in [2.45, 2.75) is 12.2 Å². The molecule has 5 rings (SSSR count). The molecule has 3 heterocycles. The van der Waals surface area contributed by atoms with Crippen molar-refractivity contribution in [2.75, 3.05) is 25.6 Å². The van der Waals surface area contributed by atoms with E-state index in [1.165, 1.54) is 11.9 Å². The number of carboxylic acids is 1. The summed E-state index contributed by atoms with van der Waals surface area (Å²) < 4.78 is 5.27. The Morgan fingerprint density at radius 3 is 2.42 bits per heavy atom. The zero-order valence-electron chi connectivity index (χ0n) is 18.0. The monoisotopic (exact) mass is 447 g/mol. The van der Waals surface area contributed by atoms with Crippen LogP contribution >= 0.6 is 0 Å². The largest absolute Gasteiger partial charge is 0.497 e. The minimum atomic E-state index is -1.26. The number of imide groups is 1. The highest BCUT2D eigenvalue weighted by Gasteiger charge is 2.55. The van der Waals surface area contributed by atoms with Gasteiger partial charge in [0.15, 0.2) is 12.2 Å². The molecule has 0 saturated carbocycles. The summed E-state index contributed by atoms with van der Waals surface area (Å²) in [5, 5.41) is 9.20. The predicted molar refractivity (Wildman–Crippen MR) is 119 cm³/mol. The first-order chi connectivity index (χ1) is 15.9. The maximum absolute atomic E-state index is 13.2. The third-order valence-electron chi connectivity index (χ3n) is 5.91.